The van der Waals surface area contributed by atoms with Crippen LogP contribution in [0.4, 0.5) is 0 Å². The maximum absolute atomic E-state index is 12.3. The number of ether oxygens (including phenoxy) is 5. The number of hydrogen-bond acceptors (Lipinski definition) is 10. The molecule has 0 amide bonds. The van der Waals surface area contributed by atoms with Gasteiger partial charge in [-0.05, 0) is 70.1 Å². The Bertz CT molecular complexity index is 755. The molecule has 0 saturated carbocycles. The minimum atomic E-state index is -0.718. The minimum Gasteiger partial charge on any atom is -0.469 e. The van der Waals surface area contributed by atoms with Crippen LogP contribution in [0.15, 0.2) is 0 Å². The van der Waals surface area contributed by atoms with Gasteiger partial charge in [0.1, 0.15) is 0 Å². The van der Waals surface area contributed by atoms with E-state index in [4.69, 9.17) is 23.7 Å². The molecule has 1 N–H and O–H groups in total. The Balaban J connectivity index is 5.22. The number of hydrogen-bond donors (Lipinski definition) is 1. The Morgan fingerprint density at radius 1 is 0.725 bits per heavy atom. The molecular weight excluding hydrogens is 520 g/mol. The van der Waals surface area contributed by atoms with Crippen LogP contribution in [0.3, 0.4) is 0 Å². The first-order valence-electron chi connectivity index (χ1n) is 14.4. The molecule has 40 heavy (non-hydrogen) atoms. The van der Waals surface area contributed by atoms with Gasteiger partial charge in [-0.15, -0.1) is 0 Å². The van der Waals surface area contributed by atoms with Gasteiger partial charge in [0.25, 0.3) is 0 Å². The third-order valence-corrected chi connectivity index (χ3v) is 7.51. The molecule has 0 radical (unpaired) electrons. The summed E-state index contributed by atoms with van der Waals surface area (Å²) in [6.07, 6.45) is 3.44. The topological polar surface area (TPSA) is 127 Å². The van der Waals surface area contributed by atoms with E-state index in [0.717, 1.165) is 0 Å². The van der Waals surface area contributed by atoms with Crippen LogP contribution in [0.1, 0.15) is 93.9 Å². The molecule has 10 nitrogen and oxygen atoms in total. The summed E-state index contributed by atoms with van der Waals surface area (Å²) in [6.45, 7) is 16.8. The zero-order chi connectivity index (χ0) is 31.0. The molecule has 5 atom stereocenters. The van der Waals surface area contributed by atoms with Gasteiger partial charge in [-0.1, -0.05) is 34.6 Å². The summed E-state index contributed by atoms with van der Waals surface area (Å²) in [4.78, 5) is 41.3. The number of rotatable bonds is 22. The predicted molar refractivity (Wildman–Crippen MR) is 152 cm³/mol. The maximum atomic E-state index is 12.3. The molecule has 0 rings (SSSR count). The highest BCUT2D eigenvalue weighted by atomic mass is 17.1. The van der Waals surface area contributed by atoms with Crippen molar-refractivity contribution in [3.63, 3.8) is 0 Å². The lowest BCUT2D eigenvalue weighted by Crippen LogP contribution is -2.34. The first-order valence-corrected chi connectivity index (χ1v) is 14.4. The Morgan fingerprint density at radius 2 is 1.23 bits per heavy atom. The summed E-state index contributed by atoms with van der Waals surface area (Å²) in [7, 11) is 2.75. The number of carbonyl (C=O) groups is 3. The lowest BCUT2D eigenvalue weighted by atomic mass is 9.74. The van der Waals surface area contributed by atoms with Gasteiger partial charge in [-0.3, -0.25) is 19.6 Å². The SMILES string of the molecule is CCOC(=O)C(C)CC(C)(CCC(C)(C)OO)COCCOCC(C)(CC(C)C(=O)OC)CC(CC)C(=O)OC. The molecule has 10 heteroatoms. The molecule has 0 heterocycles. The van der Waals surface area contributed by atoms with E-state index in [1.165, 1.54) is 14.2 Å². The zero-order valence-corrected chi connectivity index (χ0v) is 26.6. The van der Waals surface area contributed by atoms with Crippen molar-refractivity contribution >= 4 is 17.9 Å². The molecule has 0 saturated heterocycles. The van der Waals surface area contributed by atoms with Crippen molar-refractivity contribution < 1.29 is 48.2 Å². The molecule has 5 unspecified atom stereocenters. The molecule has 0 aliphatic heterocycles. The zero-order valence-electron chi connectivity index (χ0n) is 26.6. The highest BCUT2D eigenvalue weighted by molar-refractivity contribution is 5.73. The van der Waals surface area contributed by atoms with Gasteiger partial charge in [0.2, 0.25) is 0 Å². The first-order chi connectivity index (χ1) is 18.6. The quantitative estimate of drug-likeness (QED) is 0.0584. The fraction of sp³-hybridized carbons (Fsp3) is 0.900. The minimum absolute atomic E-state index is 0.243. The van der Waals surface area contributed by atoms with E-state index in [2.05, 4.69) is 11.8 Å². The molecule has 0 bridgehead atoms. The summed E-state index contributed by atoms with van der Waals surface area (Å²) in [6, 6.07) is 0. The normalized spacial score (nSPS) is 17.2. The van der Waals surface area contributed by atoms with E-state index in [0.29, 0.717) is 71.6 Å². The van der Waals surface area contributed by atoms with Gasteiger partial charge in [0, 0.05) is 0 Å². The second-order valence-corrected chi connectivity index (χ2v) is 12.4. The third kappa shape index (κ3) is 14.8. The summed E-state index contributed by atoms with van der Waals surface area (Å²) in [5.41, 5.74) is -1.53. The molecule has 0 aromatic heterocycles. The van der Waals surface area contributed by atoms with E-state index in [-0.39, 0.29) is 41.1 Å². The molecule has 0 aromatic rings. The van der Waals surface area contributed by atoms with E-state index >= 15 is 0 Å². The Kier molecular flexibility index (Phi) is 17.8. The Hall–Kier alpha value is -1.75. The smallest absolute Gasteiger partial charge is 0.308 e. The monoisotopic (exact) mass is 576 g/mol. The highest BCUT2D eigenvalue weighted by Gasteiger charge is 2.36. The third-order valence-electron chi connectivity index (χ3n) is 7.51. The van der Waals surface area contributed by atoms with Crippen molar-refractivity contribution in [2.75, 3.05) is 47.3 Å². The van der Waals surface area contributed by atoms with Crippen LogP contribution in [0.25, 0.3) is 0 Å². The van der Waals surface area contributed by atoms with Crippen molar-refractivity contribution in [3.8, 4) is 0 Å². The Labute approximate surface area is 241 Å². The van der Waals surface area contributed by atoms with Crippen LogP contribution < -0.4 is 0 Å². The van der Waals surface area contributed by atoms with Crippen LogP contribution in [0, 0.1) is 28.6 Å². The van der Waals surface area contributed by atoms with Crippen molar-refractivity contribution in [2.45, 2.75) is 99.5 Å². The van der Waals surface area contributed by atoms with Crippen molar-refractivity contribution in [2.24, 2.45) is 28.6 Å². The molecule has 236 valence electrons. The lowest BCUT2D eigenvalue weighted by Gasteiger charge is -2.35. The van der Waals surface area contributed by atoms with Gasteiger partial charge < -0.3 is 23.7 Å². The van der Waals surface area contributed by atoms with Crippen LogP contribution in [0.2, 0.25) is 0 Å². The number of esters is 3. The Morgan fingerprint density at radius 3 is 1.70 bits per heavy atom. The van der Waals surface area contributed by atoms with Crippen molar-refractivity contribution in [1.29, 1.82) is 0 Å². The average Bonchev–Trinajstić information content (AvgIpc) is 2.91. The van der Waals surface area contributed by atoms with E-state index < -0.39 is 11.0 Å². The van der Waals surface area contributed by atoms with E-state index in [9.17, 15) is 19.6 Å². The van der Waals surface area contributed by atoms with Crippen LogP contribution in [-0.2, 0) is 43.0 Å². The molecule has 0 fully saturated rings. The van der Waals surface area contributed by atoms with Gasteiger partial charge >= 0.3 is 17.9 Å². The fourth-order valence-corrected chi connectivity index (χ4v) is 5.12. The lowest BCUT2D eigenvalue weighted by molar-refractivity contribution is -0.315. The van der Waals surface area contributed by atoms with Crippen molar-refractivity contribution in [3.05, 3.63) is 0 Å². The summed E-state index contributed by atoms with van der Waals surface area (Å²) >= 11 is 0. The van der Waals surface area contributed by atoms with Gasteiger partial charge in [-0.2, -0.15) is 0 Å². The largest absolute Gasteiger partial charge is 0.469 e. The second kappa shape index (κ2) is 18.6. The van der Waals surface area contributed by atoms with Crippen LogP contribution in [-0.4, -0.2) is 76.0 Å². The predicted octanol–water partition coefficient (Wildman–Crippen LogP) is 5.46. The second-order valence-electron chi connectivity index (χ2n) is 12.4. The average molecular weight is 577 g/mol. The highest BCUT2D eigenvalue weighted by Crippen LogP contribution is 2.37. The molecule has 0 aromatic carbocycles. The summed E-state index contributed by atoms with van der Waals surface area (Å²) in [5, 5.41) is 9.21. The summed E-state index contributed by atoms with van der Waals surface area (Å²) < 4.78 is 27.1. The van der Waals surface area contributed by atoms with Crippen LogP contribution in [0.5, 0.6) is 0 Å². The van der Waals surface area contributed by atoms with E-state index in [1.807, 2.05) is 27.7 Å². The molecular formula is C30H56O10. The van der Waals surface area contributed by atoms with Crippen molar-refractivity contribution in [1.82, 2.24) is 0 Å². The number of carbonyl (C=O) groups excluding carboxylic acids is 3. The van der Waals surface area contributed by atoms with Crippen LogP contribution >= 0.6 is 0 Å². The molecule has 0 spiro atoms. The van der Waals surface area contributed by atoms with Gasteiger partial charge in [0.15, 0.2) is 0 Å². The first kappa shape index (κ1) is 38.2. The van der Waals surface area contributed by atoms with Gasteiger partial charge in [0.05, 0.1) is 70.6 Å². The number of methoxy groups -OCH3 is 2. The fourth-order valence-electron chi connectivity index (χ4n) is 5.12. The summed E-state index contributed by atoms with van der Waals surface area (Å²) in [5.74, 6) is -1.76. The molecule has 0 aliphatic rings. The van der Waals surface area contributed by atoms with Gasteiger partial charge in [-0.25, -0.2) is 4.89 Å². The standard InChI is InChI=1S/C30H56O10/c1-11-24(27(33)36-10)19-30(8,18-22(3)25(31)35-9)21-38-16-15-37-20-29(7,14-13-28(5,6)40-34)17-23(4)26(32)39-12-2/h22-24,34H,11-21H2,1-10H3. The molecule has 0 aliphatic carbocycles. The van der Waals surface area contributed by atoms with E-state index in [1.54, 1.807) is 20.8 Å². The maximum Gasteiger partial charge on any atom is 0.308 e.